The van der Waals surface area contributed by atoms with E-state index in [0.29, 0.717) is 18.0 Å². The molecule has 19 heavy (non-hydrogen) atoms. The van der Waals surface area contributed by atoms with Gasteiger partial charge in [-0.2, -0.15) is 0 Å². The highest BCUT2D eigenvalue weighted by Gasteiger charge is 2.65. The number of H-pyrrole nitrogens is 1. The maximum Gasteiger partial charge on any atom is 0.310 e. The molecule has 0 unspecified atom stereocenters. The Bertz CT molecular complexity index is 579. The number of aromatic amines is 1. The number of nitrogens with zero attached hydrogens (tertiary/aromatic N) is 1. The van der Waals surface area contributed by atoms with Crippen LogP contribution < -0.4 is 5.32 Å². The number of imidazole rings is 1. The molecule has 0 bridgehead atoms. The molecule has 3 nitrogen and oxygen atoms in total. The summed E-state index contributed by atoms with van der Waals surface area (Å²) >= 11 is 0. The molecule has 0 saturated carbocycles. The van der Waals surface area contributed by atoms with E-state index in [1.807, 2.05) is 0 Å². The molecule has 106 valence electrons. The monoisotopic (exact) mass is 299 g/mol. The zero-order chi connectivity index (χ0) is 14.2. The lowest BCUT2D eigenvalue weighted by atomic mass is 10.3. The molecule has 2 rings (SSSR count). The predicted octanol–water partition coefficient (Wildman–Crippen LogP) is 4.68. The Morgan fingerprint density at radius 3 is 2.47 bits per heavy atom. The first-order valence-corrected chi connectivity index (χ1v) is 7.06. The molecule has 0 spiro atoms. The molecule has 1 heterocycles. The molecule has 0 atom stereocenters. The van der Waals surface area contributed by atoms with Crippen molar-refractivity contribution >= 4 is 15.9 Å². The number of aromatic nitrogens is 2. The highest BCUT2D eigenvalue weighted by molar-refractivity contribution is 8.45. The number of hydrogen-bond acceptors (Lipinski definition) is 2. The molecule has 2 N–H and O–H groups in total. The topological polar surface area (TPSA) is 40.7 Å². The number of hydrogen-bond donors (Lipinski definition) is 2. The first-order valence-electron chi connectivity index (χ1n) is 5.11. The average molecular weight is 299 g/mol. The van der Waals surface area contributed by atoms with Crippen LogP contribution in [0.2, 0.25) is 0 Å². The Morgan fingerprint density at radius 1 is 1.16 bits per heavy atom. The lowest BCUT2D eigenvalue weighted by Gasteiger charge is -2.40. The van der Waals surface area contributed by atoms with Crippen molar-refractivity contribution in [3.8, 4) is 0 Å². The Hall–Kier alpha value is -1.77. The van der Waals surface area contributed by atoms with Gasteiger partial charge in [-0.3, -0.25) is 0 Å². The number of halogens is 5. The molecule has 0 aliphatic rings. The van der Waals surface area contributed by atoms with Crippen LogP contribution in [0, 0.1) is 0 Å². The summed E-state index contributed by atoms with van der Waals surface area (Å²) < 4.78 is 63.0. The molecule has 0 radical (unpaired) electrons. The summed E-state index contributed by atoms with van der Waals surface area (Å²) in [7, 11) is -9.63. The summed E-state index contributed by atoms with van der Waals surface area (Å²) in [5.74, 6) is 0.484. The van der Waals surface area contributed by atoms with Gasteiger partial charge in [-0.25, -0.2) is 4.98 Å². The Kier molecular flexibility index (Phi) is 2.60. The van der Waals surface area contributed by atoms with Gasteiger partial charge in [0.25, 0.3) is 0 Å². The lowest BCUT2D eigenvalue weighted by molar-refractivity contribution is 0.364. The molecule has 9 heteroatoms. The van der Waals surface area contributed by atoms with E-state index in [0.717, 1.165) is 6.07 Å². The Morgan fingerprint density at radius 2 is 1.89 bits per heavy atom. The number of anilines is 1. The van der Waals surface area contributed by atoms with Gasteiger partial charge in [-0.1, -0.05) is 25.5 Å². The molecule has 0 saturated heterocycles. The first-order chi connectivity index (χ1) is 8.54. The minimum absolute atomic E-state index is 0.0536. The third-order valence-corrected chi connectivity index (χ3v) is 3.44. The summed E-state index contributed by atoms with van der Waals surface area (Å²) in [6, 6.07) is 2.96. The van der Waals surface area contributed by atoms with Crippen molar-refractivity contribution in [3.63, 3.8) is 0 Å². The van der Waals surface area contributed by atoms with Gasteiger partial charge in [0.05, 0.1) is 6.54 Å². The van der Waals surface area contributed by atoms with Crippen LogP contribution in [0.5, 0.6) is 0 Å². The molecule has 0 fully saturated rings. The summed E-state index contributed by atoms with van der Waals surface area (Å²) in [6.45, 7) is 0.108. The van der Waals surface area contributed by atoms with Gasteiger partial charge in [0.2, 0.25) is 0 Å². The molecular weight excluding hydrogens is 289 g/mol. The molecule has 2 aromatic rings. The van der Waals surface area contributed by atoms with Crippen LogP contribution in [0.1, 0.15) is 5.82 Å². The number of nitrogens with one attached hydrogen (secondary N) is 2. The van der Waals surface area contributed by atoms with Crippen LogP contribution in [-0.4, -0.2) is 9.97 Å². The second-order valence-electron chi connectivity index (χ2n) is 3.89. The summed E-state index contributed by atoms with van der Waals surface area (Å²) in [6.07, 6.45) is 3.02. The Balaban J connectivity index is 2.21. The van der Waals surface area contributed by atoms with Crippen molar-refractivity contribution in [3.05, 3.63) is 42.5 Å². The van der Waals surface area contributed by atoms with Gasteiger partial charge in [-0.15, -0.1) is 0 Å². The number of benzene rings is 1. The van der Waals surface area contributed by atoms with E-state index in [-0.39, 0.29) is 12.2 Å². The van der Waals surface area contributed by atoms with Gasteiger partial charge < -0.3 is 10.3 Å². The van der Waals surface area contributed by atoms with Crippen LogP contribution in [0.4, 0.5) is 25.1 Å². The summed E-state index contributed by atoms with van der Waals surface area (Å²) in [5.41, 5.74) is -0.0536. The van der Waals surface area contributed by atoms with Crippen molar-refractivity contribution < 1.29 is 19.4 Å². The highest BCUT2D eigenvalue weighted by atomic mass is 32.5. The Labute approximate surface area is 105 Å². The molecule has 1 aromatic heterocycles. The van der Waals surface area contributed by atoms with Crippen molar-refractivity contribution in [2.75, 3.05) is 5.32 Å². The van der Waals surface area contributed by atoms with Gasteiger partial charge >= 0.3 is 10.2 Å². The van der Waals surface area contributed by atoms with Crippen molar-refractivity contribution in [1.82, 2.24) is 9.97 Å². The van der Waals surface area contributed by atoms with Crippen molar-refractivity contribution in [2.45, 2.75) is 11.4 Å². The molecule has 0 aliphatic carbocycles. The van der Waals surface area contributed by atoms with Gasteiger partial charge in [-0.05, 0) is 18.2 Å². The van der Waals surface area contributed by atoms with Crippen molar-refractivity contribution in [1.29, 1.82) is 0 Å². The summed E-state index contributed by atoms with van der Waals surface area (Å²) in [5, 5.41) is 2.59. The van der Waals surface area contributed by atoms with Crippen LogP contribution >= 0.6 is 10.2 Å². The lowest BCUT2D eigenvalue weighted by Crippen LogP contribution is -2.07. The van der Waals surface area contributed by atoms with Gasteiger partial charge in [0.15, 0.2) is 0 Å². The molecule has 0 amide bonds. The normalized spacial score (nSPS) is 15.6. The quantitative estimate of drug-likeness (QED) is 0.805. The molecule has 1 aromatic carbocycles. The fourth-order valence-electron chi connectivity index (χ4n) is 1.43. The minimum Gasteiger partial charge on any atom is -0.378 e. The van der Waals surface area contributed by atoms with E-state index >= 15 is 0 Å². The largest absolute Gasteiger partial charge is 0.378 e. The van der Waals surface area contributed by atoms with E-state index < -0.39 is 15.1 Å². The average Bonchev–Trinajstić information content (AvgIpc) is 2.76. The van der Waals surface area contributed by atoms with E-state index in [9.17, 15) is 19.4 Å². The maximum atomic E-state index is 12.6. The third kappa shape index (κ3) is 3.60. The second-order valence-corrected chi connectivity index (χ2v) is 6.30. The highest BCUT2D eigenvalue weighted by Crippen LogP contribution is 3.02. The zero-order valence-electron chi connectivity index (χ0n) is 9.42. The van der Waals surface area contributed by atoms with Crippen LogP contribution in [0.3, 0.4) is 0 Å². The fraction of sp³-hybridized carbons (Fsp3) is 0.100. The van der Waals surface area contributed by atoms with E-state index in [1.54, 1.807) is 6.20 Å². The van der Waals surface area contributed by atoms with Gasteiger partial charge in [0, 0.05) is 18.1 Å². The predicted molar refractivity (Wildman–Crippen MR) is 63.8 cm³/mol. The van der Waals surface area contributed by atoms with Crippen molar-refractivity contribution in [2.24, 2.45) is 0 Å². The summed E-state index contributed by atoms with van der Waals surface area (Å²) in [4.78, 5) is 4.67. The molecular formula is C10H10F5N3S. The number of rotatable bonds is 4. The van der Waals surface area contributed by atoms with Gasteiger partial charge in [0.1, 0.15) is 10.7 Å². The fourth-order valence-corrected chi connectivity index (χ4v) is 2.11. The standard InChI is InChI=1S/C10H10F5N3S/c11-19(12,13,14,15)9-3-1-2-8(6-9)18-7-10-16-4-5-17-10/h1-6,18H,7H2,(H,16,17). The first kappa shape index (κ1) is 13.7. The van der Waals surface area contributed by atoms with E-state index in [1.165, 1.54) is 12.3 Å². The zero-order valence-corrected chi connectivity index (χ0v) is 10.2. The smallest absolute Gasteiger partial charge is 0.310 e. The SMILES string of the molecule is FS(F)(F)(F)(F)c1cccc(NCc2ncc[nH]2)c1. The van der Waals surface area contributed by atoms with Crippen LogP contribution in [-0.2, 0) is 6.54 Å². The van der Waals surface area contributed by atoms with Crippen LogP contribution in [0.25, 0.3) is 0 Å². The third-order valence-electron chi connectivity index (χ3n) is 2.29. The van der Waals surface area contributed by atoms with E-state index in [2.05, 4.69) is 15.3 Å². The van der Waals surface area contributed by atoms with Crippen LogP contribution in [0.15, 0.2) is 41.6 Å². The minimum atomic E-state index is -9.63. The van der Waals surface area contributed by atoms with E-state index in [4.69, 9.17) is 0 Å². The second kappa shape index (κ2) is 3.62. The maximum absolute atomic E-state index is 12.6. The molecule has 0 aliphatic heterocycles.